The zero-order chi connectivity index (χ0) is 22.1. The van der Waals surface area contributed by atoms with Gasteiger partial charge < -0.3 is 14.6 Å². The Morgan fingerprint density at radius 3 is 2.61 bits per heavy atom. The topological polar surface area (TPSA) is 72.8 Å². The second-order valence-corrected chi connectivity index (χ2v) is 10.3. The maximum absolute atomic E-state index is 12.9. The molecule has 2 unspecified atom stereocenters. The molecule has 0 amide bonds. The van der Waals surface area contributed by atoms with Crippen LogP contribution in [0.15, 0.2) is 23.8 Å². The first-order chi connectivity index (χ1) is 14.1. The molecule has 0 aromatic rings. The summed E-state index contributed by atoms with van der Waals surface area (Å²) in [5, 5.41) is 9.92. The Morgan fingerprint density at radius 1 is 1.26 bits per heavy atom. The molecule has 3 rings (SSSR count). The second kappa shape index (κ2) is 10.5. The molecule has 0 bridgehead atoms. The van der Waals surface area contributed by atoms with E-state index >= 15 is 0 Å². The quantitative estimate of drug-likeness (QED) is 0.571. The van der Waals surface area contributed by atoms with Gasteiger partial charge in [0.2, 0.25) is 0 Å². The second-order valence-electron chi connectivity index (χ2n) is 10.3. The number of cyclic esters (lactones) is 1. The Morgan fingerprint density at radius 2 is 1.97 bits per heavy atom. The summed E-state index contributed by atoms with van der Waals surface area (Å²) in [6.07, 6.45) is 9.61. The Kier molecular flexibility index (Phi) is 8.80. The van der Waals surface area contributed by atoms with E-state index in [0.29, 0.717) is 24.2 Å². The van der Waals surface area contributed by atoms with E-state index in [-0.39, 0.29) is 48.9 Å². The van der Waals surface area contributed by atoms with Crippen molar-refractivity contribution in [3.63, 3.8) is 0 Å². The Hall–Kier alpha value is -1.33. The van der Waals surface area contributed by atoms with Crippen LogP contribution in [0.5, 0.6) is 0 Å². The van der Waals surface area contributed by atoms with Crippen LogP contribution in [0, 0.1) is 29.1 Å². The molecule has 1 N–H and O–H groups in total. The fourth-order valence-corrected chi connectivity index (χ4v) is 5.08. The minimum Gasteiger partial charge on any atom is -0.462 e. The minimum atomic E-state index is -0.601. The standard InChI is InChI=1S/C25H38O5.ClH/c1-6-25(4,5)24(28)30-21-12-15(2)11-17-8-7-16(3)20(23(17)21)10-9-19-13-18(26)14-22(27)29-19;/h7-8,11,15-16,18-21,23,26H,6,9-10,12-14H2,1-5H3;1H/t15-,16-,18?,19+,20?,21-,23-;/m0./s1. The van der Waals surface area contributed by atoms with E-state index in [1.807, 2.05) is 20.8 Å². The number of allylic oxidation sites excluding steroid dienone is 3. The fourth-order valence-electron chi connectivity index (χ4n) is 5.08. The van der Waals surface area contributed by atoms with Crippen LogP contribution in [0.2, 0.25) is 0 Å². The summed E-state index contributed by atoms with van der Waals surface area (Å²) in [7, 11) is 0. The van der Waals surface area contributed by atoms with Crippen molar-refractivity contribution in [3.8, 4) is 0 Å². The molecule has 1 fully saturated rings. The van der Waals surface area contributed by atoms with Crippen molar-refractivity contribution in [1.29, 1.82) is 0 Å². The lowest BCUT2D eigenvalue weighted by atomic mass is 9.65. The maximum atomic E-state index is 12.9. The van der Waals surface area contributed by atoms with Gasteiger partial charge in [-0.05, 0) is 62.9 Å². The van der Waals surface area contributed by atoms with Gasteiger partial charge in [-0.3, -0.25) is 9.59 Å². The highest BCUT2D eigenvalue weighted by Crippen LogP contribution is 2.45. The van der Waals surface area contributed by atoms with E-state index in [2.05, 4.69) is 32.1 Å². The third-order valence-electron chi connectivity index (χ3n) is 7.35. The summed E-state index contributed by atoms with van der Waals surface area (Å²) < 4.78 is 11.6. The fraction of sp³-hybridized carbons (Fsp3) is 0.760. The van der Waals surface area contributed by atoms with Crippen molar-refractivity contribution in [2.45, 2.75) is 91.5 Å². The highest BCUT2D eigenvalue weighted by atomic mass is 35.5. The lowest BCUT2D eigenvalue weighted by Gasteiger charge is -2.44. The molecular formula is C25H39ClO5. The van der Waals surface area contributed by atoms with E-state index < -0.39 is 11.5 Å². The van der Waals surface area contributed by atoms with Gasteiger partial charge in [-0.2, -0.15) is 0 Å². The van der Waals surface area contributed by atoms with Crippen LogP contribution in [0.1, 0.15) is 73.1 Å². The highest BCUT2D eigenvalue weighted by Gasteiger charge is 2.43. The van der Waals surface area contributed by atoms with E-state index in [4.69, 9.17) is 9.47 Å². The summed E-state index contributed by atoms with van der Waals surface area (Å²) in [4.78, 5) is 24.6. The number of hydrogen-bond donors (Lipinski definition) is 1. The summed E-state index contributed by atoms with van der Waals surface area (Å²) >= 11 is 0. The lowest BCUT2D eigenvalue weighted by Crippen LogP contribution is -2.43. The van der Waals surface area contributed by atoms with E-state index in [1.165, 1.54) is 5.57 Å². The Labute approximate surface area is 193 Å². The number of aliphatic hydroxyl groups excluding tert-OH is 1. The van der Waals surface area contributed by atoms with Gasteiger partial charge in [0, 0.05) is 12.3 Å². The monoisotopic (exact) mass is 454 g/mol. The molecule has 1 saturated heterocycles. The van der Waals surface area contributed by atoms with Crippen LogP contribution < -0.4 is 0 Å². The normalized spacial score (nSPS) is 35.4. The molecule has 0 saturated carbocycles. The van der Waals surface area contributed by atoms with E-state index in [9.17, 15) is 14.7 Å². The third-order valence-corrected chi connectivity index (χ3v) is 7.35. The molecule has 3 aliphatic rings. The average Bonchev–Trinajstić information content (AvgIpc) is 2.66. The molecule has 0 aromatic heterocycles. The number of fused-ring (bicyclic) bond motifs is 1. The van der Waals surface area contributed by atoms with Gasteiger partial charge >= 0.3 is 11.9 Å². The molecule has 2 aliphatic carbocycles. The van der Waals surface area contributed by atoms with Gasteiger partial charge in [-0.25, -0.2) is 0 Å². The largest absolute Gasteiger partial charge is 0.462 e. The van der Waals surface area contributed by atoms with Crippen LogP contribution in [0.4, 0.5) is 0 Å². The molecule has 6 heteroatoms. The molecule has 0 aromatic carbocycles. The number of ether oxygens (including phenoxy) is 2. The van der Waals surface area contributed by atoms with Gasteiger partial charge in [-0.15, -0.1) is 12.4 Å². The van der Waals surface area contributed by atoms with Gasteiger partial charge in [-0.1, -0.05) is 39.0 Å². The van der Waals surface area contributed by atoms with Crippen molar-refractivity contribution in [1.82, 2.24) is 0 Å². The van der Waals surface area contributed by atoms with Gasteiger partial charge in [0.25, 0.3) is 0 Å². The van der Waals surface area contributed by atoms with E-state index in [1.54, 1.807) is 0 Å². The number of rotatable bonds is 6. The molecule has 0 spiro atoms. The summed E-state index contributed by atoms with van der Waals surface area (Å²) in [6, 6.07) is 0. The first-order valence-corrected chi connectivity index (χ1v) is 11.6. The summed E-state index contributed by atoms with van der Waals surface area (Å²) in [5.74, 6) is 0.776. The highest BCUT2D eigenvalue weighted by molar-refractivity contribution is 5.85. The zero-order valence-corrected chi connectivity index (χ0v) is 20.3. The number of hydrogen-bond acceptors (Lipinski definition) is 5. The van der Waals surface area contributed by atoms with Crippen molar-refractivity contribution in [2.24, 2.45) is 29.1 Å². The van der Waals surface area contributed by atoms with E-state index in [0.717, 1.165) is 25.7 Å². The Balaban J connectivity index is 0.00000341. The van der Waals surface area contributed by atoms with Gasteiger partial charge in [0.15, 0.2) is 0 Å². The average molecular weight is 455 g/mol. The van der Waals surface area contributed by atoms with Crippen molar-refractivity contribution < 1.29 is 24.2 Å². The number of esters is 2. The molecule has 5 nitrogen and oxygen atoms in total. The number of aliphatic hydroxyl groups is 1. The van der Waals surface area contributed by atoms with Crippen molar-refractivity contribution in [2.75, 3.05) is 0 Å². The molecule has 7 atom stereocenters. The van der Waals surface area contributed by atoms with Crippen LogP contribution in [-0.2, 0) is 19.1 Å². The molecular weight excluding hydrogens is 416 g/mol. The maximum Gasteiger partial charge on any atom is 0.311 e. The molecule has 1 heterocycles. The van der Waals surface area contributed by atoms with Crippen LogP contribution in [-0.4, -0.2) is 35.4 Å². The minimum absolute atomic E-state index is 0. The van der Waals surface area contributed by atoms with Gasteiger partial charge in [0.1, 0.15) is 12.2 Å². The molecule has 176 valence electrons. The number of carbonyl (C=O) groups is 2. The molecule has 0 radical (unpaired) electrons. The SMILES string of the molecule is CCC(C)(C)C(=O)O[C@H]1C[C@@H](C)C=C2C=C[C@H](C)C(CC[C@@H]3CC(O)CC(=O)O3)[C@H]21.Cl. The third kappa shape index (κ3) is 6.13. The van der Waals surface area contributed by atoms with Crippen LogP contribution >= 0.6 is 12.4 Å². The van der Waals surface area contributed by atoms with Gasteiger partial charge in [0.05, 0.1) is 17.9 Å². The summed E-state index contributed by atoms with van der Waals surface area (Å²) in [5.41, 5.74) is 0.785. The number of halogens is 1. The van der Waals surface area contributed by atoms with Crippen LogP contribution in [0.3, 0.4) is 0 Å². The molecule has 1 aliphatic heterocycles. The molecule has 31 heavy (non-hydrogen) atoms. The first kappa shape index (κ1) is 25.9. The summed E-state index contributed by atoms with van der Waals surface area (Å²) in [6.45, 7) is 10.3. The number of carbonyl (C=O) groups excluding carboxylic acids is 2. The predicted molar refractivity (Wildman–Crippen MR) is 123 cm³/mol. The zero-order valence-electron chi connectivity index (χ0n) is 19.5. The van der Waals surface area contributed by atoms with Crippen molar-refractivity contribution in [3.05, 3.63) is 23.8 Å². The lowest BCUT2D eigenvalue weighted by molar-refractivity contribution is -0.166. The van der Waals surface area contributed by atoms with Crippen LogP contribution in [0.25, 0.3) is 0 Å². The first-order valence-electron chi connectivity index (χ1n) is 11.6. The Bertz CT molecular complexity index is 713. The predicted octanol–water partition coefficient (Wildman–Crippen LogP) is 5.01. The van der Waals surface area contributed by atoms with Crippen molar-refractivity contribution >= 4 is 24.3 Å². The smallest absolute Gasteiger partial charge is 0.311 e.